The van der Waals surface area contributed by atoms with Gasteiger partial charge < -0.3 is 87.9 Å². The van der Waals surface area contributed by atoms with E-state index in [9.17, 15) is 24.0 Å². The third-order valence-corrected chi connectivity index (χ3v) is 21.4. The van der Waals surface area contributed by atoms with Crippen molar-refractivity contribution in [3.63, 3.8) is 0 Å². The van der Waals surface area contributed by atoms with Crippen LogP contribution < -0.4 is 34.0 Å². The zero-order chi connectivity index (χ0) is 90.2. The van der Waals surface area contributed by atoms with Crippen molar-refractivity contribution in [2.24, 2.45) is 28.7 Å². The second-order valence-corrected chi connectivity index (χ2v) is 31.3. The number of nitrogens with one attached hydrogen (secondary N) is 1. The van der Waals surface area contributed by atoms with Gasteiger partial charge in [-0.05, 0) is 136 Å². The highest BCUT2D eigenvalue weighted by Crippen LogP contribution is 2.24. The van der Waals surface area contributed by atoms with Crippen molar-refractivity contribution in [2.75, 3.05) is 131 Å². The number of hydrogen-bond acceptors (Lipinski definition) is 17. The van der Waals surface area contributed by atoms with Crippen LogP contribution in [0.2, 0.25) is 0 Å². The first kappa shape index (κ1) is 98.6. The highest BCUT2D eigenvalue weighted by molar-refractivity contribution is 5.95. The molecule has 11 N–H and O–H groups in total. The lowest BCUT2D eigenvalue weighted by Crippen LogP contribution is -2.53. The number of primary amides is 1. The molecule has 0 unspecified atom stereocenters. The first-order chi connectivity index (χ1) is 61.1. The van der Waals surface area contributed by atoms with Gasteiger partial charge in [0, 0.05) is 65.4 Å². The highest BCUT2D eigenvalue weighted by Gasteiger charge is 2.35. The van der Waals surface area contributed by atoms with Crippen molar-refractivity contribution < 1.29 is 57.5 Å². The summed E-state index contributed by atoms with van der Waals surface area (Å²) in [5.74, 6) is -7.25. The molecule has 8 rings (SSSR count). The zero-order valence-corrected chi connectivity index (χ0v) is 72.6. The first-order valence-electron chi connectivity index (χ1n) is 43.3. The Bertz CT molecular complexity index is 4670. The maximum atomic E-state index is 15.7. The van der Waals surface area contributed by atoms with Gasteiger partial charge in [-0.25, -0.2) is 0 Å². The van der Waals surface area contributed by atoms with Crippen molar-refractivity contribution in [3.05, 3.63) is 287 Å². The summed E-state index contributed by atoms with van der Waals surface area (Å²) in [7, 11) is 0. The first-order valence-corrected chi connectivity index (χ1v) is 43.3. The van der Waals surface area contributed by atoms with Crippen molar-refractivity contribution in [1.29, 1.82) is 0 Å². The van der Waals surface area contributed by atoms with E-state index in [0.717, 1.165) is 24.0 Å². The van der Waals surface area contributed by atoms with E-state index in [-0.39, 0.29) is 104 Å². The van der Waals surface area contributed by atoms with E-state index in [0.29, 0.717) is 85.0 Å². The fraction of sp³-hybridized carbons (Fsp3) is 0.381. The van der Waals surface area contributed by atoms with Crippen LogP contribution in [0.1, 0.15) is 109 Å². The summed E-state index contributed by atoms with van der Waals surface area (Å²) in [4.78, 5) is 194. The van der Waals surface area contributed by atoms with Gasteiger partial charge in [-0.15, -0.1) is 0 Å². The van der Waals surface area contributed by atoms with Crippen molar-refractivity contribution in [3.8, 4) is 0 Å². The summed E-state index contributed by atoms with van der Waals surface area (Å²) in [5.41, 5.74) is 35.0. The van der Waals surface area contributed by atoms with E-state index in [1.165, 1.54) is 53.9 Å². The largest absolute Gasteiger partial charge is 0.368 e. The molecule has 0 saturated carbocycles. The molecule has 0 saturated heterocycles. The molecule has 0 spiro atoms. The smallest absolute Gasteiger partial charge is 0.243 e. The maximum absolute atomic E-state index is 15.7. The van der Waals surface area contributed by atoms with Gasteiger partial charge >= 0.3 is 0 Å². The number of nitrogens with zero attached hydrogens (tertiary/aromatic N) is 11. The minimum atomic E-state index is -0.831. The number of amides is 12. The van der Waals surface area contributed by atoms with Crippen LogP contribution in [0.4, 0.5) is 0 Å². The fourth-order valence-corrected chi connectivity index (χ4v) is 14.3. The molecule has 0 heterocycles. The Hall–Kier alpha value is -12.8. The normalized spacial score (nSPS) is 11.2. The average Bonchev–Trinajstić information content (AvgIpc) is 0.849. The van der Waals surface area contributed by atoms with Gasteiger partial charge in [0.25, 0.3) is 0 Å². The standard InChI is InChI=1S/C97H125N17O12/c1-77(85-48-24-9-25-49-85)114(76-96(125)113(65-84-46-22-8-23-47-84)71-89(118)105(56-32-28-52-100)67-91(120)111(63-82-42-18-6-19-43-82)73-93(122)107(66-86(102)115)59-78-34-10-2-11-35-78)97(126)75-106(57-33-29-53-101)90(119)70-110(62-81-40-16-5-17-41-81)95(124)74-112(64-83-44-20-7-21-45-83)92(121)68-104(55-31-27-51-99)88(117)69-109(61-80-38-14-4-15-39-80)94(123)72-108(60-79-36-12-3-13-37-79)87(116)58-103-54-30-26-50-98/h2-25,34-49,77,103H,26-33,50-76,98-101H2,1H3,(H2,102,115)/t77-/m0/s1. The Labute approximate surface area is 740 Å². The molecule has 670 valence electrons. The predicted molar refractivity (Wildman–Crippen MR) is 485 cm³/mol. The van der Waals surface area contributed by atoms with E-state index >= 15 is 33.6 Å². The summed E-state index contributed by atoms with van der Waals surface area (Å²) in [6, 6.07) is 71.4. The molecule has 0 aliphatic rings. The number of benzene rings is 8. The Morgan fingerprint density at radius 2 is 0.452 bits per heavy atom. The molecule has 0 aliphatic carbocycles. The number of rotatable bonds is 56. The lowest BCUT2D eigenvalue weighted by Gasteiger charge is -2.35. The fourth-order valence-electron chi connectivity index (χ4n) is 14.3. The molecule has 8 aromatic carbocycles. The quantitative estimate of drug-likeness (QED) is 0.0228. The predicted octanol–water partition coefficient (Wildman–Crippen LogP) is 6.29. The van der Waals surface area contributed by atoms with E-state index in [2.05, 4.69) is 5.32 Å². The SMILES string of the molecule is C[C@@H](c1ccccc1)N(CC(=O)N(CC(=O)N(CCCCN)CC(=O)N(CC(=O)N(CC(N)=O)Cc1ccccc1)Cc1ccccc1)Cc1ccccc1)C(=O)CN(CCCCN)C(=O)CN(Cc1ccccc1)C(=O)CN(Cc1ccccc1)C(=O)CN(CCCCN)C(=O)CN(Cc1ccccc1)C(=O)CN(Cc1ccccc1)C(=O)CNCCCCN. The zero-order valence-electron chi connectivity index (χ0n) is 72.6. The maximum Gasteiger partial charge on any atom is 0.243 e. The Morgan fingerprint density at radius 1 is 0.246 bits per heavy atom. The molecule has 8 aromatic rings. The van der Waals surface area contributed by atoms with Crippen LogP contribution in [0.3, 0.4) is 0 Å². The summed E-state index contributed by atoms with van der Waals surface area (Å²) < 4.78 is 0. The monoisotopic (exact) mass is 1720 g/mol. The highest BCUT2D eigenvalue weighted by atomic mass is 16.2. The number of carbonyl (C=O) groups is 12. The number of carbonyl (C=O) groups excluding carboxylic acids is 12. The van der Waals surface area contributed by atoms with Crippen LogP contribution in [-0.4, -0.2) is 256 Å². The second kappa shape index (κ2) is 54.7. The molecule has 0 aliphatic heterocycles. The molecule has 0 radical (unpaired) electrons. The Morgan fingerprint density at radius 3 is 0.706 bits per heavy atom. The number of hydrogen-bond donors (Lipinski definition) is 6. The number of nitrogens with two attached hydrogens (primary N) is 5. The van der Waals surface area contributed by atoms with Crippen molar-refractivity contribution >= 4 is 70.9 Å². The van der Waals surface area contributed by atoms with Crippen LogP contribution in [0.15, 0.2) is 243 Å². The van der Waals surface area contributed by atoms with Crippen LogP contribution in [0.5, 0.6) is 0 Å². The van der Waals surface area contributed by atoms with E-state index in [4.69, 9.17) is 28.7 Å². The van der Waals surface area contributed by atoms with Gasteiger partial charge in [0.15, 0.2) is 0 Å². The van der Waals surface area contributed by atoms with Crippen molar-refractivity contribution in [2.45, 2.75) is 110 Å². The van der Waals surface area contributed by atoms with Gasteiger partial charge in [-0.3, -0.25) is 57.5 Å². The molecule has 0 bridgehead atoms. The minimum Gasteiger partial charge on any atom is -0.368 e. The van der Waals surface area contributed by atoms with Crippen LogP contribution in [0.25, 0.3) is 0 Å². The molecule has 126 heavy (non-hydrogen) atoms. The third-order valence-electron chi connectivity index (χ3n) is 21.4. The summed E-state index contributed by atoms with van der Waals surface area (Å²) in [5, 5.41) is 3.18. The van der Waals surface area contributed by atoms with Crippen LogP contribution in [-0.2, 0) is 103 Å². The van der Waals surface area contributed by atoms with E-state index in [1.807, 2.05) is 78.9 Å². The van der Waals surface area contributed by atoms with Crippen molar-refractivity contribution in [1.82, 2.24) is 59.2 Å². The van der Waals surface area contributed by atoms with Crippen LogP contribution in [0, 0.1) is 0 Å². The summed E-state index contributed by atoms with van der Waals surface area (Å²) in [6.07, 6.45) is 3.98. The minimum absolute atomic E-state index is 0.0145. The lowest BCUT2D eigenvalue weighted by atomic mass is 10.1. The van der Waals surface area contributed by atoms with E-state index in [1.54, 1.807) is 171 Å². The Kier molecular flexibility index (Phi) is 42.9. The van der Waals surface area contributed by atoms with Gasteiger partial charge in [-0.1, -0.05) is 243 Å². The number of unbranched alkanes of at least 4 members (excludes halogenated alkanes) is 4. The van der Waals surface area contributed by atoms with Crippen LogP contribution >= 0.6 is 0 Å². The van der Waals surface area contributed by atoms with Gasteiger partial charge in [-0.2, -0.15) is 0 Å². The molecular weight excluding hydrogens is 1600 g/mol. The molecule has 0 fully saturated rings. The summed E-state index contributed by atoms with van der Waals surface area (Å²) >= 11 is 0. The summed E-state index contributed by atoms with van der Waals surface area (Å²) in [6.45, 7) is -2.49. The topological polar surface area (TPSA) is 383 Å². The second-order valence-electron chi connectivity index (χ2n) is 31.3. The van der Waals surface area contributed by atoms with Gasteiger partial charge in [0.1, 0.15) is 45.8 Å². The van der Waals surface area contributed by atoms with Gasteiger partial charge in [0.2, 0.25) is 70.9 Å². The molecular formula is C97H125N17O12. The van der Waals surface area contributed by atoms with E-state index < -0.39 is 136 Å². The molecule has 29 nitrogen and oxygen atoms in total. The third kappa shape index (κ3) is 34.7. The van der Waals surface area contributed by atoms with Gasteiger partial charge in [0.05, 0.1) is 38.8 Å². The Balaban J connectivity index is 1.07. The average molecular weight is 1720 g/mol. The molecule has 0 aromatic heterocycles. The lowest BCUT2D eigenvalue weighted by molar-refractivity contribution is -0.150. The molecule has 29 heteroatoms. The molecule has 1 atom stereocenters. The molecule has 12 amide bonds.